The molecule has 3 aromatic rings. The molecule has 0 saturated heterocycles. The van der Waals surface area contributed by atoms with Crippen molar-refractivity contribution in [3.05, 3.63) is 40.7 Å². The maximum atomic E-state index is 5.69. The fourth-order valence-corrected chi connectivity index (χ4v) is 3.08. The van der Waals surface area contributed by atoms with Gasteiger partial charge in [0.15, 0.2) is 5.13 Å². The number of nitrogens with zero attached hydrogens (tertiary/aromatic N) is 3. The van der Waals surface area contributed by atoms with Gasteiger partial charge in [-0.05, 0) is 32.5 Å². The van der Waals surface area contributed by atoms with Crippen LogP contribution in [0, 0.1) is 13.8 Å². The Kier molecular flexibility index (Phi) is 3.08. The zero-order valence-electron chi connectivity index (χ0n) is 11.1. The number of imidazole rings is 1. The number of aromatic nitrogens is 3. The zero-order chi connectivity index (χ0) is 13.4. The second kappa shape index (κ2) is 4.75. The molecule has 0 aliphatic heterocycles. The van der Waals surface area contributed by atoms with Crippen molar-refractivity contribution in [1.29, 1.82) is 0 Å². The molecule has 0 aliphatic rings. The maximum absolute atomic E-state index is 5.69. The third-order valence-corrected chi connectivity index (χ3v) is 4.26. The van der Waals surface area contributed by atoms with Gasteiger partial charge in [0.25, 0.3) is 0 Å². The van der Waals surface area contributed by atoms with Gasteiger partial charge in [0.2, 0.25) is 0 Å². The van der Waals surface area contributed by atoms with Crippen molar-refractivity contribution in [1.82, 2.24) is 14.5 Å². The van der Waals surface area contributed by atoms with E-state index in [2.05, 4.69) is 27.5 Å². The molecule has 19 heavy (non-hydrogen) atoms. The van der Waals surface area contributed by atoms with Gasteiger partial charge in [-0.25, -0.2) is 9.97 Å². The van der Waals surface area contributed by atoms with Crippen LogP contribution in [0.1, 0.15) is 16.4 Å². The SMILES string of the molecule is Cc1nc(-n2c(CCN)nc3ccccc32)sc1C. The maximum Gasteiger partial charge on any atom is 0.195 e. The molecule has 2 N–H and O–H groups in total. The molecular weight excluding hydrogens is 256 g/mol. The molecule has 0 radical (unpaired) electrons. The Morgan fingerprint density at radius 2 is 2.00 bits per heavy atom. The normalized spacial score (nSPS) is 11.3. The van der Waals surface area contributed by atoms with Crippen LogP contribution in [0.15, 0.2) is 24.3 Å². The Balaban J connectivity index is 2.27. The lowest BCUT2D eigenvalue weighted by molar-refractivity contribution is 0.843. The Bertz CT molecular complexity index is 707. The van der Waals surface area contributed by atoms with Crippen LogP contribution in [0.2, 0.25) is 0 Å². The molecule has 4 nitrogen and oxygen atoms in total. The Morgan fingerprint density at radius 1 is 1.21 bits per heavy atom. The smallest absolute Gasteiger partial charge is 0.195 e. The Morgan fingerprint density at radius 3 is 2.68 bits per heavy atom. The Hall–Kier alpha value is -1.72. The van der Waals surface area contributed by atoms with Gasteiger partial charge in [-0.3, -0.25) is 4.57 Å². The zero-order valence-corrected chi connectivity index (χ0v) is 11.9. The molecule has 98 valence electrons. The quantitative estimate of drug-likeness (QED) is 0.797. The van der Waals surface area contributed by atoms with Crippen LogP contribution >= 0.6 is 11.3 Å². The van der Waals surface area contributed by atoms with E-state index in [4.69, 9.17) is 5.73 Å². The van der Waals surface area contributed by atoms with E-state index in [1.54, 1.807) is 11.3 Å². The molecule has 0 atom stereocenters. The monoisotopic (exact) mass is 272 g/mol. The largest absolute Gasteiger partial charge is 0.330 e. The Labute approximate surface area is 115 Å². The van der Waals surface area contributed by atoms with Crippen molar-refractivity contribution >= 4 is 22.4 Å². The van der Waals surface area contributed by atoms with Gasteiger partial charge in [0.1, 0.15) is 5.82 Å². The minimum atomic E-state index is 0.590. The van der Waals surface area contributed by atoms with E-state index in [0.717, 1.165) is 34.1 Å². The first-order chi connectivity index (χ1) is 9.20. The fourth-order valence-electron chi connectivity index (χ4n) is 2.14. The van der Waals surface area contributed by atoms with Gasteiger partial charge in [-0.2, -0.15) is 0 Å². The number of fused-ring (bicyclic) bond motifs is 1. The summed E-state index contributed by atoms with van der Waals surface area (Å²) < 4.78 is 2.13. The first-order valence-corrected chi connectivity index (χ1v) is 7.13. The van der Waals surface area contributed by atoms with Gasteiger partial charge in [-0.1, -0.05) is 12.1 Å². The molecule has 2 aromatic heterocycles. The highest BCUT2D eigenvalue weighted by atomic mass is 32.1. The van der Waals surface area contributed by atoms with E-state index in [1.165, 1.54) is 4.88 Å². The highest BCUT2D eigenvalue weighted by Crippen LogP contribution is 2.26. The molecule has 0 spiro atoms. The molecule has 0 bridgehead atoms. The number of para-hydroxylation sites is 2. The number of benzene rings is 1. The summed E-state index contributed by atoms with van der Waals surface area (Å²) in [4.78, 5) is 10.6. The molecule has 0 unspecified atom stereocenters. The van der Waals surface area contributed by atoms with Crippen molar-refractivity contribution in [2.75, 3.05) is 6.54 Å². The summed E-state index contributed by atoms with van der Waals surface area (Å²) >= 11 is 1.70. The molecule has 3 rings (SSSR count). The molecule has 0 amide bonds. The van der Waals surface area contributed by atoms with E-state index in [-0.39, 0.29) is 0 Å². The predicted molar refractivity (Wildman–Crippen MR) is 79.0 cm³/mol. The first-order valence-electron chi connectivity index (χ1n) is 6.31. The molecule has 0 aliphatic carbocycles. The summed E-state index contributed by atoms with van der Waals surface area (Å²) in [5, 5.41) is 0.979. The molecule has 1 aromatic carbocycles. The van der Waals surface area contributed by atoms with Gasteiger partial charge >= 0.3 is 0 Å². The summed E-state index contributed by atoms with van der Waals surface area (Å²) in [7, 11) is 0. The third kappa shape index (κ3) is 2.05. The van der Waals surface area contributed by atoms with Crippen LogP contribution in [-0.2, 0) is 6.42 Å². The minimum Gasteiger partial charge on any atom is -0.330 e. The van der Waals surface area contributed by atoms with Gasteiger partial charge < -0.3 is 5.73 Å². The highest BCUT2D eigenvalue weighted by molar-refractivity contribution is 7.14. The van der Waals surface area contributed by atoms with Crippen LogP contribution in [0.25, 0.3) is 16.2 Å². The summed E-state index contributed by atoms with van der Waals surface area (Å²) in [6.45, 7) is 4.72. The summed E-state index contributed by atoms with van der Waals surface area (Å²) in [5.74, 6) is 0.984. The number of rotatable bonds is 3. The van der Waals surface area contributed by atoms with Gasteiger partial charge in [-0.15, -0.1) is 11.3 Å². The third-order valence-electron chi connectivity index (χ3n) is 3.21. The first kappa shape index (κ1) is 12.3. The van der Waals surface area contributed by atoms with Crippen molar-refractivity contribution in [3.8, 4) is 5.13 Å². The number of aryl methyl sites for hydroxylation is 2. The topological polar surface area (TPSA) is 56.7 Å². The lowest BCUT2D eigenvalue weighted by atomic mass is 10.3. The molecule has 0 fully saturated rings. The van der Waals surface area contributed by atoms with Crippen molar-refractivity contribution in [2.24, 2.45) is 5.73 Å². The number of hydrogen-bond donors (Lipinski definition) is 1. The van der Waals surface area contributed by atoms with Crippen molar-refractivity contribution < 1.29 is 0 Å². The molecule has 2 heterocycles. The van der Waals surface area contributed by atoms with E-state index in [9.17, 15) is 0 Å². The predicted octanol–water partition coefficient (Wildman–Crippen LogP) is 2.60. The van der Waals surface area contributed by atoms with Crippen molar-refractivity contribution in [2.45, 2.75) is 20.3 Å². The second-order valence-corrected chi connectivity index (χ2v) is 5.71. The van der Waals surface area contributed by atoms with E-state index in [0.29, 0.717) is 6.54 Å². The van der Waals surface area contributed by atoms with Crippen LogP contribution in [0.5, 0.6) is 0 Å². The number of hydrogen-bond acceptors (Lipinski definition) is 4. The van der Waals surface area contributed by atoms with Gasteiger partial charge in [0.05, 0.1) is 16.7 Å². The van der Waals surface area contributed by atoms with Crippen LogP contribution in [-0.4, -0.2) is 21.1 Å². The lowest BCUT2D eigenvalue weighted by Crippen LogP contribution is -2.08. The number of thiazole rings is 1. The average molecular weight is 272 g/mol. The molecule has 0 saturated carbocycles. The lowest BCUT2D eigenvalue weighted by Gasteiger charge is -2.04. The van der Waals surface area contributed by atoms with E-state index in [1.807, 2.05) is 25.1 Å². The highest BCUT2D eigenvalue weighted by Gasteiger charge is 2.15. The number of nitrogens with two attached hydrogens (primary N) is 1. The second-order valence-electron chi connectivity index (χ2n) is 4.53. The van der Waals surface area contributed by atoms with Crippen molar-refractivity contribution in [3.63, 3.8) is 0 Å². The van der Waals surface area contributed by atoms with E-state index >= 15 is 0 Å². The summed E-state index contributed by atoms with van der Waals surface area (Å²) in [5.41, 5.74) is 8.87. The molecular formula is C14H16N4S. The fraction of sp³-hybridized carbons (Fsp3) is 0.286. The summed E-state index contributed by atoms with van der Waals surface area (Å²) in [6, 6.07) is 8.14. The minimum absolute atomic E-state index is 0.590. The summed E-state index contributed by atoms with van der Waals surface area (Å²) in [6.07, 6.45) is 0.756. The average Bonchev–Trinajstić information content (AvgIpc) is 2.90. The van der Waals surface area contributed by atoms with Crippen LogP contribution < -0.4 is 5.73 Å². The standard InChI is InChI=1S/C14H16N4S/c1-9-10(2)19-14(16-9)18-12-6-4-3-5-11(12)17-13(18)7-8-15/h3-6H,7-8,15H2,1-2H3. The van der Waals surface area contributed by atoms with Crippen LogP contribution in [0.3, 0.4) is 0 Å². The van der Waals surface area contributed by atoms with Gasteiger partial charge in [0, 0.05) is 11.3 Å². The molecule has 5 heteroatoms. The van der Waals surface area contributed by atoms with Crippen LogP contribution in [0.4, 0.5) is 0 Å². The van der Waals surface area contributed by atoms with E-state index < -0.39 is 0 Å².